The highest BCUT2D eigenvalue weighted by atomic mass is 32.1. The number of rotatable bonds is 8. The van der Waals surface area contributed by atoms with Gasteiger partial charge in [0.25, 0.3) is 5.91 Å². The fourth-order valence-electron chi connectivity index (χ4n) is 4.68. The molecule has 6 heteroatoms. The summed E-state index contributed by atoms with van der Waals surface area (Å²) in [6, 6.07) is 6.37. The number of carbonyl (C=O) groups excluding carboxylic acids is 1. The summed E-state index contributed by atoms with van der Waals surface area (Å²) in [5, 5.41) is 6.27. The average Bonchev–Trinajstić information content (AvgIpc) is 3.45. The molecule has 4 rings (SSSR count). The first-order valence-electron chi connectivity index (χ1n) is 12.4. The first kappa shape index (κ1) is 23.7. The topological polar surface area (TPSA) is 59.8 Å². The number of hydrogen-bond donors (Lipinski definition) is 1. The van der Waals surface area contributed by atoms with Gasteiger partial charge in [-0.3, -0.25) is 9.78 Å². The number of amides is 1. The van der Waals surface area contributed by atoms with Gasteiger partial charge in [0.15, 0.2) is 0 Å². The Balaban J connectivity index is 1.70. The zero-order chi connectivity index (χ0) is 23.4. The summed E-state index contributed by atoms with van der Waals surface area (Å²) in [5.74, 6) is 0.683. The number of carbonyl (C=O) groups is 1. The van der Waals surface area contributed by atoms with Crippen LogP contribution in [0.1, 0.15) is 81.0 Å². The maximum Gasteiger partial charge on any atom is 0.253 e. The molecular formula is C27H36N4OS. The lowest BCUT2D eigenvalue weighted by molar-refractivity contribution is 0.0938. The van der Waals surface area contributed by atoms with Crippen LogP contribution >= 0.6 is 11.3 Å². The first-order valence-corrected chi connectivity index (χ1v) is 13.3. The van der Waals surface area contributed by atoms with Crippen LogP contribution in [0.25, 0.3) is 22.0 Å². The molecule has 0 aromatic carbocycles. The van der Waals surface area contributed by atoms with Crippen LogP contribution in [0.5, 0.6) is 0 Å². The molecule has 1 saturated carbocycles. The Morgan fingerprint density at radius 1 is 1.24 bits per heavy atom. The Morgan fingerprint density at radius 3 is 2.76 bits per heavy atom. The number of aromatic nitrogens is 3. The second kappa shape index (κ2) is 10.6. The van der Waals surface area contributed by atoms with Gasteiger partial charge < -0.3 is 9.88 Å². The molecule has 1 aliphatic carbocycles. The maximum absolute atomic E-state index is 13.1. The lowest BCUT2D eigenvalue weighted by Crippen LogP contribution is -2.32. The number of aryl methyl sites for hydroxylation is 1. The molecule has 3 aromatic heterocycles. The fourth-order valence-corrected chi connectivity index (χ4v) is 5.49. The molecule has 176 valence electrons. The zero-order valence-electron chi connectivity index (χ0n) is 20.4. The molecule has 0 bridgehead atoms. The molecule has 0 saturated heterocycles. The zero-order valence-corrected chi connectivity index (χ0v) is 21.2. The van der Waals surface area contributed by atoms with Gasteiger partial charge in [-0.05, 0) is 63.6 Å². The standard InChI is InChI=1S/C27H36N4OS/c1-5-18(3)29-26(32)23-15-25(31(19(23)4)16-20-10-8-7-9-11-20)24-17-33-27(30-24)21-12-13-28-22(6-2)14-21/h12-15,17-18,20H,5-11,16H2,1-4H3,(H,29,32). The lowest BCUT2D eigenvalue weighted by Gasteiger charge is -2.24. The monoisotopic (exact) mass is 464 g/mol. The van der Waals surface area contributed by atoms with Crippen LogP contribution in [0.4, 0.5) is 0 Å². The highest BCUT2D eigenvalue weighted by Crippen LogP contribution is 2.34. The Labute approximate surface area is 201 Å². The summed E-state index contributed by atoms with van der Waals surface area (Å²) in [7, 11) is 0. The van der Waals surface area contributed by atoms with Crippen molar-refractivity contribution >= 4 is 17.2 Å². The van der Waals surface area contributed by atoms with Crippen LogP contribution in [0.3, 0.4) is 0 Å². The Bertz CT molecular complexity index is 1090. The number of hydrogen-bond acceptors (Lipinski definition) is 4. The quantitative estimate of drug-likeness (QED) is 0.406. The third-order valence-corrected chi connectivity index (χ3v) is 7.85. The highest BCUT2D eigenvalue weighted by molar-refractivity contribution is 7.13. The molecule has 1 fully saturated rings. The second-order valence-electron chi connectivity index (χ2n) is 9.35. The molecule has 5 nitrogen and oxygen atoms in total. The van der Waals surface area contributed by atoms with Crippen LogP contribution in [0, 0.1) is 12.8 Å². The molecule has 3 aromatic rings. The largest absolute Gasteiger partial charge is 0.350 e. The van der Waals surface area contributed by atoms with E-state index in [-0.39, 0.29) is 11.9 Å². The summed E-state index contributed by atoms with van der Waals surface area (Å²) in [6.07, 6.45) is 10.2. The minimum atomic E-state index is 0.0164. The van der Waals surface area contributed by atoms with Crippen molar-refractivity contribution in [1.82, 2.24) is 19.9 Å². The highest BCUT2D eigenvalue weighted by Gasteiger charge is 2.24. The van der Waals surface area contributed by atoms with Gasteiger partial charge in [0.1, 0.15) is 5.01 Å². The van der Waals surface area contributed by atoms with Crippen LogP contribution in [-0.2, 0) is 13.0 Å². The van der Waals surface area contributed by atoms with E-state index in [0.717, 1.165) is 58.3 Å². The Hall–Kier alpha value is -2.47. The number of nitrogens with one attached hydrogen (secondary N) is 1. The molecule has 1 aliphatic rings. The molecule has 1 unspecified atom stereocenters. The Morgan fingerprint density at radius 2 is 2.03 bits per heavy atom. The number of nitrogens with zero attached hydrogens (tertiary/aromatic N) is 3. The van der Waals surface area contributed by atoms with E-state index >= 15 is 0 Å². The summed E-state index contributed by atoms with van der Waals surface area (Å²) in [6.45, 7) is 9.31. The molecule has 1 N–H and O–H groups in total. The number of thiazole rings is 1. The van der Waals surface area contributed by atoms with Crippen LogP contribution in [0.15, 0.2) is 29.8 Å². The predicted molar refractivity (Wildman–Crippen MR) is 137 cm³/mol. The van der Waals surface area contributed by atoms with Crippen molar-refractivity contribution in [3.63, 3.8) is 0 Å². The third kappa shape index (κ3) is 5.37. The van der Waals surface area contributed by atoms with Gasteiger partial charge in [0.05, 0.1) is 17.0 Å². The summed E-state index contributed by atoms with van der Waals surface area (Å²) < 4.78 is 2.35. The van der Waals surface area contributed by atoms with Crippen molar-refractivity contribution in [2.45, 2.75) is 85.2 Å². The lowest BCUT2D eigenvalue weighted by atomic mass is 9.89. The number of pyridine rings is 1. The van der Waals surface area contributed by atoms with E-state index in [1.165, 1.54) is 32.1 Å². The fraction of sp³-hybridized carbons (Fsp3) is 0.519. The van der Waals surface area contributed by atoms with Crippen LogP contribution in [0.2, 0.25) is 0 Å². The predicted octanol–water partition coefficient (Wildman–Crippen LogP) is 6.65. The van der Waals surface area contributed by atoms with Crippen LogP contribution < -0.4 is 5.32 Å². The van der Waals surface area contributed by atoms with Gasteiger partial charge >= 0.3 is 0 Å². The average molecular weight is 465 g/mol. The van der Waals surface area contributed by atoms with Crippen molar-refractivity contribution in [2.75, 3.05) is 0 Å². The second-order valence-corrected chi connectivity index (χ2v) is 10.2. The first-order chi connectivity index (χ1) is 16.0. The third-order valence-electron chi connectivity index (χ3n) is 6.96. The van der Waals surface area contributed by atoms with Crippen molar-refractivity contribution in [2.24, 2.45) is 5.92 Å². The summed E-state index contributed by atoms with van der Waals surface area (Å²) in [4.78, 5) is 22.5. The molecule has 1 amide bonds. The van der Waals surface area contributed by atoms with Crippen molar-refractivity contribution < 1.29 is 4.79 Å². The van der Waals surface area contributed by atoms with Crippen LogP contribution in [-0.4, -0.2) is 26.5 Å². The Kier molecular flexibility index (Phi) is 7.63. The molecule has 0 radical (unpaired) electrons. The van der Waals surface area contributed by atoms with Gasteiger partial charge in [-0.25, -0.2) is 4.98 Å². The summed E-state index contributed by atoms with van der Waals surface area (Å²) in [5.41, 5.74) is 6.00. The van der Waals surface area contributed by atoms with E-state index in [1.54, 1.807) is 11.3 Å². The minimum Gasteiger partial charge on any atom is -0.350 e. The van der Waals surface area contributed by atoms with Crippen molar-refractivity contribution in [1.29, 1.82) is 0 Å². The van der Waals surface area contributed by atoms with E-state index in [0.29, 0.717) is 5.92 Å². The van der Waals surface area contributed by atoms with Gasteiger partial charge in [0, 0.05) is 41.1 Å². The maximum atomic E-state index is 13.1. The van der Waals surface area contributed by atoms with Gasteiger partial charge in [-0.2, -0.15) is 0 Å². The summed E-state index contributed by atoms with van der Waals surface area (Å²) >= 11 is 1.66. The van der Waals surface area contributed by atoms with E-state index in [2.05, 4.69) is 60.1 Å². The van der Waals surface area contributed by atoms with Gasteiger partial charge in [-0.15, -0.1) is 11.3 Å². The molecule has 3 heterocycles. The van der Waals surface area contributed by atoms with Gasteiger partial charge in [-0.1, -0.05) is 33.1 Å². The molecular weight excluding hydrogens is 428 g/mol. The van der Waals surface area contributed by atoms with Crippen molar-refractivity contribution in [3.8, 4) is 22.0 Å². The van der Waals surface area contributed by atoms with E-state index in [4.69, 9.17) is 4.98 Å². The SMILES string of the molecule is CCc1cc(-c2nc(-c3cc(C(=O)NC(C)CC)c(C)n3CC3CCCCC3)cs2)ccn1. The van der Waals surface area contributed by atoms with Gasteiger partial charge in [0.2, 0.25) is 0 Å². The normalized spacial score (nSPS) is 15.5. The molecule has 0 spiro atoms. The molecule has 0 aliphatic heterocycles. The smallest absolute Gasteiger partial charge is 0.253 e. The van der Waals surface area contributed by atoms with Crippen molar-refractivity contribution in [3.05, 3.63) is 46.7 Å². The van der Waals surface area contributed by atoms with E-state index in [1.807, 2.05) is 12.3 Å². The molecule has 1 atom stereocenters. The van der Waals surface area contributed by atoms with E-state index < -0.39 is 0 Å². The van der Waals surface area contributed by atoms with E-state index in [9.17, 15) is 4.79 Å². The minimum absolute atomic E-state index is 0.0164. The molecule has 33 heavy (non-hydrogen) atoms.